The van der Waals surface area contributed by atoms with E-state index in [1.165, 1.54) is 31.4 Å². The number of ether oxygens (including phenoxy) is 1. The summed E-state index contributed by atoms with van der Waals surface area (Å²) >= 11 is 3.32. The number of hydrogen-bond acceptors (Lipinski definition) is 5. The van der Waals surface area contributed by atoms with Gasteiger partial charge in [-0.2, -0.15) is 0 Å². The lowest BCUT2D eigenvalue weighted by molar-refractivity contribution is -0.385. The maximum Gasteiger partial charge on any atom is 0.311 e. The van der Waals surface area contributed by atoms with Crippen molar-refractivity contribution in [1.29, 1.82) is 0 Å². The van der Waals surface area contributed by atoms with Crippen molar-refractivity contribution >= 4 is 27.5 Å². The number of amides is 1. The molecular weight excluding hydrogens is 406 g/mol. The highest BCUT2D eigenvalue weighted by atomic mass is 79.9. The van der Waals surface area contributed by atoms with Gasteiger partial charge in [-0.1, -0.05) is 0 Å². The lowest BCUT2D eigenvalue weighted by atomic mass is 10.1. The van der Waals surface area contributed by atoms with Gasteiger partial charge in [0.1, 0.15) is 0 Å². The highest BCUT2D eigenvalue weighted by molar-refractivity contribution is 9.10. The van der Waals surface area contributed by atoms with Crippen LogP contribution >= 0.6 is 15.9 Å². The fraction of sp³-hybridized carbons (Fsp3) is 0.294. The number of benzene rings is 1. The van der Waals surface area contributed by atoms with E-state index in [2.05, 4.69) is 21.2 Å². The van der Waals surface area contributed by atoms with Gasteiger partial charge in [0, 0.05) is 41.5 Å². The molecular formula is C17H18BrN3O5. The number of nitro benzene ring substituents is 1. The number of rotatable bonds is 8. The Bertz CT molecular complexity index is 866. The second-order valence-electron chi connectivity index (χ2n) is 5.49. The third-order valence-electron chi connectivity index (χ3n) is 3.70. The molecule has 1 aromatic carbocycles. The molecule has 0 aliphatic heterocycles. The highest BCUT2D eigenvalue weighted by Gasteiger charge is 2.17. The third-order valence-corrected chi connectivity index (χ3v) is 4.17. The van der Waals surface area contributed by atoms with Crippen LogP contribution in [0.2, 0.25) is 0 Å². The second kappa shape index (κ2) is 9.14. The average Bonchev–Trinajstić information content (AvgIpc) is 2.63. The zero-order valence-corrected chi connectivity index (χ0v) is 15.7. The Morgan fingerprint density at radius 3 is 2.77 bits per heavy atom. The van der Waals surface area contributed by atoms with Gasteiger partial charge >= 0.3 is 5.69 Å². The Kier molecular flexibility index (Phi) is 6.90. The van der Waals surface area contributed by atoms with E-state index in [9.17, 15) is 19.7 Å². The molecule has 0 radical (unpaired) electrons. The second-order valence-corrected chi connectivity index (χ2v) is 6.40. The van der Waals surface area contributed by atoms with Crippen LogP contribution in [0.25, 0.3) is 0 Å². The molecule has 1 amide bonds. The smallest absolute Gasteiger partial charge is 0.311 e. The Morgan fingerprint density at radius 1 is 1.31 bits per heavy atom. The normalized spacial score (nSPS) is 10.4. The van der Waals surface area contributed by atoms with Crippen LogP contribution < -0.4 is 15.6 Å². The SMILES string of the molecule is COc1ccc(C(=O)NCCCCn2cc(Br)ccc2=O)cc1[N+](=O)[O-]. The van der Waals surface area contributed by atoms with Gasteiger partial charge in [-0.25, -0.2) is 0 Å². The van der Waals surface area contributed by atoms with Crippen molar-refractivity contribution < 1.29 is 14.5 Å². The number of hydrogen-bond donors (Lipinski definition) is 1. The summed E-state index contributed by atoms with van der Waals surface area (Å²) in [6, 6.07) is 7.24. The van der Waals surface area contributed by atoms with Crippen LogP contribution in [-0.4, -0.2) is 29.1 Å². The Balaban J connectivity index is 1.85. The summed E-state index contributed by atoms with van der Waals surface area (Å²) in [5, 5.41) is 13.7. The van der Waals surface area contributed by atoms with E-state index in [0.29, 0.717) is 25.9 Å². The van der Waals surface area contributed by atoms with Gasteiger partial charge in [-0.15, -0.1) is 0 Å². The van der Waals surface area contributed by atoms with E-state index in [1.807, 2.05) is 0 Å². The Hall–Kier alpha value is -2.68. The summed E-state index contributed by atoms with van der Waals surface area (Å²) in [6.45, 7) is 0.948. The minimum atomic E-state index is -0.592. The predicted molar refractivity (Wildman–Crippen MR) is 99.6 cm³/mol. The topological polar surface area (TPSA) is 103 Å². The molecule has 138 valence electrons. The molecule has 0 atom stereocenters. The van der Waals surface area contributed by atoms with Crippen molar-refractivity contribution in [3.05, 3.63) is 67.0 Å². The molecule has 9 heteroatoms. The molecule has 0 unspecified atom stereocenters. The van der Waals surface area contributed by atoms with Gasteiger partial charge in [-0.05, 0) is 47.0 Å². The van der Waals surface area contributed by atoms with Gasteiger partial charge in [0.15, 0.2) is 5.75 Å². The number of pyridine rings is 1. The van der Waals surface area contributed by atoms with E-state index >= 15 is 0 Å². The molecule has 0 saturated heterocycles. The fourth-order valence-electron chi connectivity index (χ4n) is 2.36. The zero-order chi connectivity index (χ0) is 19.1. The van der Waals surface area contributed by atoms with Crippen LogP contribution in [0.15, 0.2) is 45.8 Å². The number of nitro groups is 1. The van der Waals surface area contributed by atoms with Crippen LogP contribution in [0.1, 0.15) is 23.2 Å². The number of nitrogens with zero attached hydrogens (tertiary/aromatic N) is 2. The van der Waals surface area contributed by atoms with E-state index in [0.717, 1.165) is 4.47 Å². The summed E-state index contributed by atoms with van der Waals surface area (Å²) in [5.41, 5.74) is -0.141. The number of aromatic nitrogens is 1. The van der Waals surface area contributed by atoms with Crippen molar-refractivity contribution in [2.75, 3.05) is 13.7 Å². The standard InChI is InChI=1S/C17H18BrN3O5/c1-26-15-6-4-12(10-14(15)21(24)25)17(23)19-8-2-3-9-20-11-13(18)5-7-16(20)22/h4-7,10-11H,2-3,8-9H2,1H3,(H,19,23). The number of halogens is 1. The molecule has 2 rings (SSSR count). The van der Waals surface area contributed by atoms with Crippen LogP contribution in [-0.2, 0) is 6.54 Å². The molecule has 1 N–H and O–H groups in total. The minimum Gasteiger partial charge on any atom is -0.490 e. The molecule has 0 fully saturated rings. The van der Waals surface area contributed by atoms with Gasteiger partial charge < -0.3 is 14.6 Å². The molecule has 0 spiro atoms. The zero-order valence-electron chi connectivity index (χ0n) is 14.1. The molecule has 2 aromatic rings. The first kappa shape index (κ1) is 19.6. The van der Waals surface area contributed by atoms with Crippen LogP contribution in [0.3, 0.4) is 0 Å². The monoisotopic (exact) mass is 423 g/mol. The van der Waals surface area contributed by atoms with E-state index in [-0.39, 0.29) is 22.6 Å². The van der Waals surface area contributed by atoms with Crippen molar-refractivity contribution in [1.82, 2.24) is 9.88 Å². The molecule has 0 bridgehead atoms. The van der Waals surface area contributed by atoms with E-state index < -0.39 is 10.8 Å². The quantitative estimate of drug-likeness (QED) is 0.399. The largest absolute Gasteiger partial charge is 0.490 e. The Morgan fingerprint density at radius 2 is 2.08 bits per heavy atom. The maximum absolute atomic E-state index is 12.1. The van der Waals surface area contributed by atoms with Crippen molar-refractivity contribution in [3.63, 3.8) is 0 Å². The van der Waals surface area contributed by atoms with Gasteiger partial charge in [0.2, 0.25) is 0 Å². The first-order valence-electron chi connectivity index (χ1n) is 7.89. The average molecular weight is 424 g/mol. The number of aryl methyl sites for hydroxylation is 1. The molecule has 26 heavy (non-hydrogen) atoms. The predicted octanol–water partition coefficient (Wildman–Crippen LogP) is 2.74. The van der Waals surface area contributed by atoms with E-state index in [1.54, 1.807) is 16.8 Å². The number of carbonyl (C=O) groups excluding carboxylic acids is 1. The number of nitrogens with one attached hydrogen (secondary N) is 1. The van der Waals surface area contributed by atoms with Crippen molar-refractivity contribution in [3.8, 4) is 5.75 Å². The van der Waals surface area contributed by atoms with Crippen LogP contribution in [0.4, 0.5) is 5.69 Å². The van der Waals surface area contributed by atoms with Gasteiger partial charge in [-0.3, -0.25) is 19.7 Å². The number of unbranched alkanes of at least 4 members (excludes halogenated alkanes) is 1. The van der Waals surface area contributed by atoms with Gasteiger partial charge in [0.05, 0.1) is 12.0 Å². The van der Waals surface area contributed by atoms with Crippen molar-refractivity contribution in [2.45, 2.75) is 19.4 Å². The molecule has 0 aliphatic rings. The lowest BCUT2D eigenvalue weighted by Gasteiger charge is -2.08. The Labute approximate surface area is 158 Å². The summed E-state index contributed by atoms with van der Waals surface area (Å²) in [4.78, 5) is 34.2. The minimum absolute atomic E-state index is 0.0808. The lowest BCUT2D eigenvalue weighted by Crippen LogP contribution is -2.25. The first-order chi connectivity index (χ1) is 12.4. The summed E-state index contributed by atoms with van der Waals surface area (Å²) in [7, 11) is 1.33. The molecule has 0 aliphatic carbocycles. The summed E-state index contributed by atoms with van der Waals surface area (Å²) in [5.74, 6) is -0.290. The molecule has 8 nitrogen and oxygen atoms in total. The number of methoxy groups -OCH3 is 1. The van der Waals surface area contributed by atoms with Crippen LogP contribution in [0, 0.1) is 10.1 Å². The van der Waals surface area contributed by atoms with Crippen molar-refractivity contribution in [2.24, 2.45) is 0 Å². The summed E-state index contributed by atoms with van der Waals surface area (Å²) < 4.78 is 7.33. The number of carbonyl (C=O) groups is 1. The fourth-order valence-corrected chi connectivity index (χ4v) is 2.74. The highest BCUT2D eigenvalue weighted by Crippen LogP contribution is 2.27. The summed E-state index contributed by atoms with van der Waals surface area (Å²) in [6.07, 6.45) is 3.10. The van der Waals surface area contributed by atoms with Gasteiger partial charge in [0.25, 0.3) is 11.5 Å². The third kappa shape index (κ3) is 5.16. The molecule has 1 heterocycles. The van der Waals surface area contributed by atoms with Crippen LogP contribution in [0.5, 0.6) is 5.75 Å². The van der Waals surface area contributed by atoms with E-state index in [4.69, 9.17) is 4.74 Å². The molecule has 0 saturated carbocycles. The first-order valence-corrected chi connectivity index (χ1v) is 8.68. The maximum atomic E-state index is 12.1. The molecule has 1 aromatic heterocycles.